The van der Waals surface area contributed by atoms with Crippen LogP contribution in [0.3, 0.4) is 0 Å². The minimum Gasteiger partial charge on any atom is -0.393 e. The van der Waals surface area contributed by atoms with Crippen molar-refractivity contribution in [2.45, 2.75) is 103 Å². The molecule has 144 valence electrons. The van der Waals surface area contributed by atoms with Crippen LogP contribution in [0, 0.1) is 34.5 Å². The van der Waals surface area contributed by atoms with Crippen molar-refractivity contribution < 1.29 is 10.2 Å². The van der Waals surface area contributed by atoms with Crippen molar-refractivity contribution in [1.29, 1.82) is 0 Å². The van der Waals surface area contributed by atoms with Gasteiger partial charge in [-0.1, -0.05) is 27.7 Å². The molecule has 0 aromatic heterocycles. The molecule has 4 aliphatic carbocycles. The molecule has 3 heteroatoms. The maximum Gasteiger partial charge on any atom is 0.0696 e. The second kappa shape index (κ2) is 6.21. The van der Waals surface area contributed by atoms with Gasteiger partial charge in [-0.3, -0.25) is 0 Å². The second-order valence-corrected chi connectivity index (χ2v) is 10.7. The molecule has 0 heterocycles. The quantitative estimate of drug-likeness (QED) is 0.712. The summed E-state index contributed by atoms with van der Waals surface area (Å²) in [6.07, 6.45) is 9.19. The molecule has 0 radical (unpaired) electrons. The van der Waals surface area contributed by atoms with E-state index in [2.05, 4.69) is 33.0 Å². The fourth-order valence-corrected chi connectivity index (χ4v) is 7.88. The van der Waals surface area contributed by atoms with Crippen molar-refractivity contribution in [3.8, 4) is 0 Å². The molecular weight excluding hydrogens is 310 g/mol. The summed E-state index contributed by atoms with van der Waals surface area (Å²) in [6, 6.07) is 0.682. The largest absolute Gasteiger partial charge is 0.393 e. The minimum atomic E-state index is -0.181. The van der Waals surface area contributed by atoms with E-state index >= 15 is 0 Å². The number of fused-ring (bicyclic) bond motifs is 5. The molecule has 0 unspecified atom stereocenters. The van der Waals surface area contributed by atoms with Crippen LogP contribution in [0.5, 0.6) is 0 Å². The third-order valence-electron chi connectivity index (χ3n) is 9.21. The predicted molar refractivity (Wildman–Crippen MR) is 101 cm³/mol. The summed E-state index contributed by atoms with van der Waals surface area (Å²) >= 11 is 0. The van der Waals surface area contributed by atoms with Crippen molar-refractivity contribution in [2.24, 2.45) is 34.5 Å². The summed E-state index contributed by atoms with van der Waals surface area (Å²) in [5.41, 5.74) is 0.539. The van der Waals surface area contributed by atoms with Gasteiger partial charge in [0.2, 0.25) is 0 Å². The third kappa shape index (κ3) is 2.72. The van der Waals surface area contributed by atoms with E-state index in [4.69, 9.17) is 0 Å². The molecule has 0 aromatic rings. The minimum absolute atomic E-state index is 0.0764. The standard InChI is InChI=1S/C22H39NO2/c1-13(2)23-18-12-22(4)14(11-19(18)24)5-6-15-16-7-8-20(25)21(16,3)10-9-17(15)22/h13-20,23-25H,5-12H2,1-4H3/t14-,15-,16-,17-,18-,19-,20-,21-,22-/m0/s1. The molecule has 0 spiro atoms. The first-order valence-corrected chi connectivity index (χ1v) is 10.9. The van der Waals surface area contributed by atoms with Gasteiger partial charge in [-0.05, 0) is 85.9 Å². The molecular formula is C22H39NO2. The number of nitrogens with one attached hydrogen (secondary N) is 1. The maximum absolute atomic E-state index is 10.7. The summed E-state index contributed by atoms with van der Waals surface area (Å²) in [7, 11) is 0. The number of rotatable bonds is 2. The van der Waals surface area contributed by atoms with Gasteiger partial charge in [0.1, 0.15) is 0 Å². The Kier molecular flexibility index (Phi) is 4.53. The molecule has 0 aromatic carbocycles. The zero-order valence-electron chi connectivity index (χ0n) is 16.7. The molecule has 4 rings (SSSR count). The van der Waals surface area contributed by atoms with E-state index in [0.29, 0.717) is 17.4 Å². The van der Waals surface area contributed by atoms with Gasteiger partial charge in [-0.25, -0.2) is 0 Å². The van der Waals surface area contributed by atoms with E-state index in [1.165, 1.54) is 32.1 Å². The van der Waals surface area contributed by atoms with E-state index in [1.54, 1.807) is 0 Å². The highest BCUT2D eigenvalue weighted by atomic mass is 16.3. The Bertz CT molecular complexity index is 508. The van der Waals surface area contributed by atoms with Crippen LogP contribution in [0.1, 0.15) is 79.1 Å². The molecule has 0 amide bonds. The van der Waals surface area contributed by atoms with Crippen molar-refractivity contribution in [1.82, 2.24) is 5.32 Å². The van der Waals surface area contributed by atoms with Gasteiger partial charge in [0.15, 0.2) is 0 Å². The molecule has 0 aliphatic heterocycles. The Balaban J connectivity index is 1.59. The van der Waals surface area contributed by atoms with E-state index in [0.717, 1.165) is 37.0 Å². The monoisotopic (exact) mass is 349 g/mol. The highest BCUT2D eigenvalue weighted by Crippen LogP contribution is 2.66. The molecule has 4 fully saturated rings. The van der Waals surface area contributed by atoms with Crippen LogP contribution in [-0.2, 0) is 0 Å². The number of hydrogen-bond donors (Lipinski definition) is 3. The van der Waals surface area contributed by atoms with Gasteiger partial charge < -0.3 is 15.5 Å². The summed E-state index contributed by atoms with van der Waals surface area (Å²) in [5.74, 6) is 3.00. The third-order valence-corrected chi connectivity index (χ3v) is 9.21. The second-order valence-electron chi connectivity index (χ2n) is 10.7. The molecule has 4 aliphatic rings. The molecule has 3 N–H and O–H groups in total. The highest BCUT2D eigenvalue weighted by molar-refractivity contribution is 5.11. The SMILES string of the molecule is CC(C)N[C@H]1C[C@@]2(C)[C@@H](CC[C@@H]3[C@@H]2CC[C@]2(C)[C@@H](O)CC[C@@H]32)C[C@@H]1O. The van der Waals surface area contributed by atoms with Crippen LogP contribution in [0.25, 0.3) is 0 Å². The number of aliphatic hydroxyl groups excluding tert-OH is 2. The van der Waals surface area contributed by atoms with Crippen molar-refractivity contribution in [3.63, 3.8) is 0 Å². The Morgan fingerprint density at radius 1 is 0.920 bits per heavy atom. The van der Waals surface area contributed by atoms with Crippen LogP contribution in [0.2, 0.25) is 0 Å². The van der Waals surface area contributed by atoms with Crippen molar-refractivity contribution >= 4 is 0 Å². The maximum atomic E-state index is 10.7. The fourth-order valence-electron chi connectivity index (χ4n) is 7.88. The van der Waals surface area contributed by atoms with Gasteiger partial charge in [-0.2, -0.15) is 0 Å². The Morgan fingerprint density at radius 3 is 2.36 bits per heavy atom. The van der Waals surface area contributed by atoms with Crippen molar-refractivity contribution in [2.75, 3.05) is 0 Å². The van der Waals surface area contributed by atoms with Crippen LogP contribution >= 0.6 is 0 Å². The van der Waals surface area contributed by atoms with Crippen LogP contribution in [-0.4, -0.2) is 34.5 Å². The van der Waals surface area contributed by atoms with Crippen LogP contribution in [0.4, 0.5) is 0 Å². The lowest BCUT2D eigenvalue weighted by molar-refractivity contribution is -0.141. The number of aliphatic hydroxyl groups is 2. The Hall–Kier alpha value is -0.120. The molecule has 9 atom stereocenters. The van der Waals surface area contributed by atoms with Gasteiger partial charge in [0, 0.05) is 12.1 Å². The fraction of sp³-hybridized carbons (Fsp3) is 1.00. The molecule has 0 saturated heterocycles. The smallest absolute Gasteiger partial charge is 0.0696 e. The Morgan fingerprint density at radius 2 is 1.64 bits per heavy atom. The zero-order chi connectivity index (χ0) is 18.0. The summed E-state index contributed by atoms with van der Waals surface area (Å²) in [5, 5.41) is 25.0. The van der Waals surface area contributed by atoms with Gasteiger partial charge in [0.05, 0.1) is 12.2 Å². The van der Waals surface area contributed by atoms with E-state index in [9.17, 15) is 10.2 Å². The van der Waals surface area contributed by atoms with Gasteiger partial charge >= 0.3 is 0 Å². The van der Waals surface area contributed by atoms with Crippen molar-refractivity contribution in [3.05, 3.63) is 0 Å². The first-order chi connectivity index (χ1) is 11.8. The zero-order valence-corrected chi connectivity index (χ0v) is 16.7. The lowest BCUT2D eigenvalue weighted by Gasteiger charge is -2.61. The van der Waals surface area contributed by atoms with Crippen LogP contribution < -0.4 is 5.32 Å². The van der Waals surface area contributed by atoms with E-state index in [-0.39, 0.29) is 23.7 Å². The summed E-state index contributed by atoms with van der Waals surface area (Å²) in [6.45, 7) is 9.30. The first-order valence-electron chi connectivity index (χ1n) is 10.9. The van der Waals surface area contributed by atoms with Gasteiger partial charge in [0.25, 0.3) is 0 Å². The highest BCUT2D eigenvalue weighted by Gasteiger charge is 2.60. The average Bonchev–Trinajstić information content (AvgIpc) is 2.84. The lowest BCUT2D eigenvalue weighted by Crippen LogP contribution is -2.59. The lowest BCUT2D eigenvalue weighted by atomic mass is 9.44. The summed E-state index contributed by atoms with van der Waals surface area (Å²) < 4.78 is 0. The van der Waals surface area contributed by atoms with E-state index in [1.807, 2.05) is 0 Å². The van der Waals surface area contributed by atoms with Gasteiger partial charge in [-0.15, -0.1) is 0 Å². The van der Waals surface area contributed by atoms with E-state index < -0.39 is 0 Å². The molecule has 25 heavy (non-hydrogen) atoms. The predicted octanol–water partition coefficient (Wildman–Crippen LogP) is 3.73. The average molecular weight is 350 g/mol. The van der Waals surface area contributed by atoms with Crippen LogP contribution in [0.15, 0.2) is 0 Å². The first kappa shape index (κ1) is 18.3. The summed E-state index contributed by atoms with van der Waals surface area (Å²) in [4.78, 5) is 0. The number of hydrogen-bond acceptors (Lipinski definition) is 3. The molecule has 3 nitrogen and oxygen atoms in total. The molecule has 0 bridgehead atoms. The molecule has 4 saturated carbocycles. The normalized spacial score (nSPS) is 55.6. The topological polar surface area (TPSA) is 52.5 Å². The Labute approximate surface area is 154 Å².